The highest BCUT2D eigenvalue weighted by Gasteiger charge is 2.51. The van der Waals surface area contributed by atoms with Crippen molar-refractivity contribution in [3.8, 4) is 28.8 Å². The van der Waals surface area contributed by atoms with Crippen LogP contribution in [-0.4, -0.2) is 33.3 Å². The molecule has 35 heavy (non-hydrogen) atoms. The summed E-state index contributed by atoms with van der Waals surface area (Å²) in [5, 5.41) is 9.60. The minimum atomic E-state index is -0.455. The molecule has 1 saturated heterocycles. The molecule has 174 valence electrons. The second kappa shape index (κ2) is 9.42. The second-order valence-electron chi connectivity index (χ2n) is 9.24. The molecular formula is C28H27BN4O2. The van der Waals surface area contributed by atoms with Crippen LogP contribution in [-0.2, 0) is 9.31 Å². The topological polar surface area (TPSA) is 80.9 Å². The monoisotopic (exact) mass is 462 g/mol. The number of hydrogen-bond donors (Lipinski definition) is 0. The van der Waals surface area contributed by atoms with E-state index < -0.39 is 18.3 Å². The summed E-state index contributed by atoms with van der Waals surface area (Å²) in [6.07, 6.45) is 5.11. The van der Waals surface area contributed by atoms with Crippen molar-refractivity contribution >= 4 is 18.2 Å². The maximum absolute atomic E-state index is 9.60. The van der Waals surface area contributed by atoms with Gasteiger partial charge in [-0.25, -0.2) is 15.0 Å². The highest BCUT2D eigenvalue weighted by molar-refractivity contribution is 6.62. The third kappa shape index (κ3) is 4.72. The van der Waals surface area contributed by atoms with Crippen LogP contribution >= 0.6 is 0 Å². The smallest absolute Gasteiger partial charge is 0.399 e. The highest BCUT2D eigenvalue weighted by Crippen LogP contribution is 2.36. The molecule has 0 saturated carbocycles. The lowest BCUT2D eigenvalue weighted by Crippen LogP contribution is -2.41. The third-order valence-corrected chi connectivity index (χ3v) is 6.39. The molecule has 0 atom stereocenters. The molecule has 6 nitrogen and oxygen atoms in total. The molecule has 0 N–H and O–H groups in total. The molecule has 0 bridgehead atoms. The van der Waals surface area contributed by atoms with E-state index in [9.17, 15) is 5.26 Å². The summed E-state index contributed by atoms with van der Waals surface area (Å²) in [4.78, 5) is 14.0. The van der Waals surface area contributed by atoms with E-state index in [0.717, 1.165) is 11.0 Å². The van der Waals surface area contributed by atoms with Gasteiger partial charge in [0.25, 0.3) is 0 Å². The summed E-state index contributed by atoms with van der Waals surface area (Å²) in [5.41, 5.74) is 2.70. The van der Waals surface area contributed by atoms with Gasteiger partial charge in [0.15, 0.2) is 17.5 Å². The number of aromatic nitrogens is 3. The van der Waals surface area contributed by atoms with Gasteiger partial charge in [-0.05, 0) is 45.3 Å². The quantitative estimate of drug-likeness (QED) is 0.373. The van der Waals surface area contributed by atoms with Gasteiger partial charge < -0.3 is 9.31 Å². The van der Waals surface area contributed by atoms with Crippen molar-refractivity contribution in [1.29, 1.82) is 5.26 Å². The van der Waals surface area contributed by atoms with E-state index in [-0.39, 0.29) is 0 Å². The first-order valence-corrected chi connectivity index (χ1v) is 11.4. The number of benzene rings is 2. The van der Waals surface area contributed by atoms with Crippen molar-refractivity contribution in [1.82, 2.24) is 15.0 Å². The zero-order valence-electron chi connectivity index (χ0n) is 20.4. The van der Waals surface area contributed by atoms with Crippen molar-refractivity contribution in [2.45, 2.75) is 38.9 Å². The average Bonchev–Trinajstić information content (AvgIpc) is 3.08. The van der Waals surface area contributed by atoms with E-state index in [1.54, 1.807) is 24.3 Å². The van der Waals surface area contributed by atoms with Crippen molar-refractivity contribution in [3.63, 3.8) is 0 Å². The molecule has 0 aliphatic carbocycles. The number of hydrogen-bond acceptors (Lipinski definition) is 6. The maximum Gasteiger partial charge on any atom is 0.494 e. The summed E-state index contributed by atoms with van der Waals surface area (Å²) < 4.78 is 12.3. The van der Waals surface area contributed by atoms with Gasteiger partial charge in [-0.2, -0.15) is 5.26 Å². The Morgan fingerprint density at radius 3 is 2.14 bits per heavy atom. The Bertz CT molecular complexity index is 1340. The second-order valence-corrected chi connectivity index (χ2v) is 9.24. The van der Waals surface area contributed by atoms with Gasteiger partial charge >= 0.3 is 7.12 Å². The van der Waals surface area contributed by atoms with E-state index in [1.807, 2.05) is 70.2 Å². The molecule has 1 aromatic heterocycles. The molecule has 1 fully saturated rings. The van der Waals surface area contributed by atoms with Crippen molar-refractivity contribution in [2.75, 3.05) is 0 Å². The first-order chi connectivity index (χ1) is 16.7. The van der Waals surface area contributed by atoms with Crippen LogP contribution in [0.15, 0.2) is 79.9 Å². The summed E-state index contributed by atoms with van der Waals surface area (Å²) in [5.74, 6) is 1.34. The Kier molecular flexibility index (Phi) is 6.53. The van der Waals surface area contributed by atoms with Crippen LogP contribution in [0.3, 0.4) is 0 Å². The molecule has 3 aromatic rings. The molecule has 0 unspecified atom stereocenters. The fourth-order valence-corrected chi connectivity index (χ4v) is 3.66. The number of nitriles is 1. The molecule has 0 radical (unpaired) electrons. The Labute approximate surface area is 206 Å². The SMILES string of the molecule is C=C/C=C(\C=C)c1nc(-c2ccc(B3OC(C)(C)C(C)(C)O3)cc2)nc(-c2ccccc2C#N)n1. The Hall–Kier alpha value is -3.86. The van der Waals surface area contributed by atoms with E-state index in [2.05, 4.69) is 24.2 Å². The van der Waals surface area contributed by atoms with Gasteiger partial charge in [0.05, 0.1) is 22.8 Å². The summed E-state index contributed by atoms with van der Waals surface area (Å²) in [6.45, 7) is 15.8. The average molecular weight is 462 g/mol. The van der Waals surface area contributed by atoms with Crippen LogP contribution in [0.5, 0.6) is 0 Å². The molecule has 7 heteroatoms. The maximum atomic E-state index is 9.60. The Morgan fingerprint density at radius 2 is 1.54 bits per heavy atom. The molecule has 4 rings (SSSR count). The van der Waals surface area contributed by atoms with Crippen LogP contribution in [0.4, 0.5) is 0 Å². The van der Waals surface area contributed by atoms with Crippen molar-refractivity contribution < 1.29 is 9.31 Å². The largest absolute Gasteiger partial charge is 0.494 e. The standard InChI is InChI=1S/C28H27BN4O2/c1-7-11-19(8-2)24-31-25(33-26(32-24)23-13-10-9-12-21(23)18-30)20-14-16-22(17-15-20)29-34-27(3,4)28(5,6)35-29/h7-17H,1-2H2,3-6H3/b19-11+. The fraction of sp³-hybridized carbons (Fsp3) is 0.214. The fourth-order valence-electron chi connectivity index (χ4n) is 3.66. The predicted octanol–water partition coefficient (Wildman–Crippen LogP) is 5.13. The molecular weight excluding hydrogens is 435 g/mol. The molecule has 2 aromatic carbocycles. The molecule has 0 spiro atoms. The van der Waals surface area contributed by atoms with Crippen molar-refractivity contribution in [2.24, 2.45) is 0 Å². The van der Waals surface area contributed by atoms with E-state index >= 15 is 0 Å². The number of allylic oxidation sites excluding steroid dienone is 4. The lowest BCUT2D eigenvalue weighted by molar-refractivity contribution is 0.00578. The predicted molar refractivity (Wildman–Crippen MR) is 140 cm³/mol. The lowest BCUT2D eigenvalue weighted by atomic mass is 9.79. The van der Waals surface area contributed by atoms with Crippen LogP contribution in [0.1, 0.15) is 39.1 Å². The van der Waals surface area contributed by atoms with E-state index in [1.165, 1.54) is 0 Å². The number of rotatable bonds is 6. The zero-order valence-corrected chi connectivity index (χ0v) is 20.4. The molecule has 0 amide bonds. The first kappa shape index (κ1) is 24.3. The van der Waals surface area contributed by atoms with Gasteiger partial charge in [0.2, 0.25) is 0 Å². The zero-order chi connectivity index (χ0) is 25.2. The van der Waals surface area contributed by atoms with Gasteiger partial charge in [0, 0.05) is 16.7 Å². The van der Waals surface area contributed by atoms with Crippen LogP contribution < -0.4 is 5.46 Å². The summed E-state index contributed by atoms with van der Waals surface area (Å²) >= 11 is 0. The molecule has 2 heterocycles. The Morgan fingerprint density at radius 1 is 0.914 bits per heavy atom. The van der Waals surface area contributed by atoms with Crippen LogP contribution in [0, 0.1) is 11.3 Å². The normalized spacial score (nSPS) is 16.5. The van der Waals surface area contributed by atoms with Gasteiger partial charge in [-0.15, -0.1) is 0 Å². The van der Waals surface area contributed by atoms with Gasteiger partial charge in [0.1, 0.15) is 0 Å². The summed E-state index contributed by atoms with van der Waals surface area (Å²) in [7, 11) is -0.455. The van der Waals surface area contributed by atoms with E-state index in [0.29, 0.717) is 34.2 Å². The minimum absolute atomic E-state index is 0.411. The highest BCUT2D eigenvalue weighted by atomic mass is 16.7. The van der Waals surface area contributed by atoms with Gasteiger partial charge in [-0.3, -0.25) is 0 Å². The van der Waals surface area contributed by atoms with Crippen LogP contribution in [0.2, 0.25) is 0 Å². The Balaban J connectivity index is 1.78. The van der Waals surface area contributed by atoms with Gasteiger partial charge in [-0.1, -0.05) is 67.8 Å². The number of nitrogens with zero attached hydrogens (tertiary/aromatic N) is 4. The lowest BCUT2D eigenvalue weighted by Gasteiger charge is -2.32. The van der Waals surface area contributed by atoms with Crippen molar-refractivity contribution in [3.05, 3.63) is 91.3 Å². The van der Waals surface area contributed by atoms with Crippen LogP contribution in [0.25, 0.3) is 28.3 Å². The molecule has 1 aliphatic heterocycles. The first-order valence-electron chi connectivity index (χ1n) is 11.4. The van der Waals surface area contributed by atoms with E-state index in [4.69, 9.17) is 19.3 Å². The molecule has 1 aliphatic rings. The minimum Gasteiger partial charge on any atom is -0.399 e. The summed E-state index contributed by atoms with van der Waals surface area (Å²) in [6, 6.07) is 17.2. The third-order valence-electron chi connectivity index (χ3n) is 6.39.